The topological polar surface area (TPSA) is 36.9 Å². The molecule has 6 heteroatoms. The predicted molar refractivity (Wildman–Crippen MR) is 111 cm³/mol. The molecular formula is C20H30Al2O4. The maximum Gasteiger partial charge on any atom is 0.454 e. The molecule has 0 N–H and O–H groups in total. The Kier molecular flexibility index (Phi) is 11.7. The molecule has 0 aromatic heterocycles. The molecule has 0 radical (unpaired) electrons. The van der Waals surface area contributed by atoms with Crippen molar-refractivity contribution < 1.29 is 17.1 Å². The van der Waals surface area contributed by atoms with Crippen molar-refractivity contribution in [2.45, 2.75) is 36.4 Å². The molecule has 4 nitrogen and oxygen atoms in total. The summed E-state index contributed by atoms with van der Waals surface area (Å²) >= 11 is -1.86. The average Bonchev–Trinajstić information content (AvgIpc) is 2.65. The van der Waals surface area contributed by atoms with Crippen molar-refractivity contribution in [2.24, 2.45) is 0 Å². The van der Waals surface area contributed by atoms with E-state index < -0.39 is 29.0 Å². The standard InChI is InChI=1S/2C8H9O2.4CH3.2Al/c2*1-10-8-5-3-2-4-7(8)6-9;;;;;;/h2*2-5H,6H2,1H3;4*1H3;;/q2*-1;;;;;2*+1. The number of methoxy groups -OCH3 is 2. The van der Waals surface area contributed by atoms with E-state index >= 15 is 0 Å². The summed E-state index contributed by atoms with van der Waals surface area (Å²) in [5.74, 6) is 10.5. The van der Waals surface area contributed by atoms with Crippen molar-refractivity contribution in [3.8, 4) is 11.5 Å². The Morgan fingerprint density at radius 2 is 0.962 bits per heavy atom. The molecule has 0 bridgehead atoms. The van der Waals surface area contributed by atoms with Gasteiger partial charge in [-0.15, -0.1) is 0 Å². The highest BCUT2D eigenvalue weighted by atomic mass is 27.2. The zero-order chi connectivity index (χ0) is 19.4. The molecule has 0 saturated carbocycles. The SMILES string of the molecule is COc1ccccc1C[O][Al]([CH3])[CH3].COc1ccccc1C[O][Al]([CH3])[CH3]. The second kappa shape index (κ2) is 13.2. The molecule has 0 aliphatic heterocycles. The molecular weight excluding hydrogens is 358 g/mol. The molecule has 2 aromatic rings. The van der Waals surface area contributed by atoms with Gasteiger partial charge in [-0.3, -0.25) is 0 Å². The van der Waals surface area contributed by atoms with E-state index in [1.54, 1.807) is 14.2 Å². The summed E-state index contributed by atoms with van der Waals surface area (Å²) in [4.78, 5) is 0. The first-order valence-electron chi connectivity index (χ1n) is 8.94. The van der Waals surface area contributed by atoms with Crippen LogP contribution in [-0.2, 0) is 20.8 Å². The van der Waals surface area contributed by atoms with Gasteiger partial charge in [0.2, 0.25) is 0 Å². The van der Waals surface area contributed by atoms with Crippen molar-refractivity contribution in [1.82, 2.24) is 0 Å². The summed E-state index contributed by atoms with van der Waals surface area (Å²) < 4.78 is 21.7. The second-order valence-electron chi connectivity index (χ2n) is 6.34. The third kappa shape index (κ3) is 9.10. The Morgan fingerprint density at radius 3 is 1.27 bits per heavy atom. The molecule has 140 valence electrons. The first kappa shape index (κ1) is 23.1. The quantitative estimate of drug-likeness (QED) is 0.601. The van der Waals surface area contributed by atoms with Crippen LogP contribution in [0, 0.1) is 0 Å². The zero-order valence-corrected chi connectivity index (χ0v) is 19.1. The van der Waals surface area contributed by atoms with Crippen molar-refractivity contribution in [3.63, 3.8) is 0 Å². The van der Waals surface area contributed by atoms with Gasteiger partial charge in [-0.2, -0.15) is 0 Å². The monoisotopic (exact) mass is 388 g/mol. The van der Waals surface area contributed by atoms with Crippen LogP contribution in [0.15, 0.2) is 48.5 Å². The molecule has 0 unspecified atom stereocenters. The maximum atomic E-state index is 5.63. The number of ether oxygens (including phenoxy) is 2. The highest BCUT2D eigenvalue weighted by molar-refractivity contribution is 6.48. The average molecular weight is 388 g/mol. The van der Waals surface area contributed by atoms with Crippen LogP contribution >= 0.6 is 0 Å². The van der Waals surface area contributed by atoms with Crippen LogP contribution in [0.2, 0.25) is 23.1 Å². The van der Waals surface area contributed by atoms with Gasteiger partial charge in [-0.25, -0.2) is 0 Å². The van der Waals surface area contributed by atoms with Crippen LogP contribution in [0.4, 0.5) is 0 Å². The van der Waals surface area contributed by atoms with E-state index in [1.165, 1.54) is 0 Å². The molecule has 0 atom stereocenters. The van der Waals surface area contributed by atoms with E-state index in [-0.39, 0.29) is 0 Å². The lowest BCUT2D eigenvalue weighted by atomic mass is 10.2. The molecule has 0 aliphatic rings. The minimum atomic E-state index is -0.928. The van der Waals surface area contributed by atoms with Crippen LogP contribution in [0.1, 0.15) is 11.1 Å². The van der Waals surface area contributed by atoms with Crippen LogP contribution in [-0.4, -0.2) is 43.2 Å². The van der Waals surface area contributed by atoms with Crippen LogP contribution in [0.25, 0.3) is 0 Å². The Hall–Kier alpha value is -0.975. The van der Waals surface area contributed by atoms with Crippen LogP contribution < -0.4 is 9.47 Å². The van der Waals surface area contributed by atoms with Gasteiger partial charge in [0.05, 0.1) is 14.2 Å². The molecule has 0 amide bonds. The fourth-order valence-corrected chi connectivity index (χ4v) is 3.18. The number of hydrogen-bond donors (Lipinski definition) is 0. The van der Waals surface area contributed by atoms with E-state index in [4.69, 9.17) is 17.1 Å². The molecule has 0 saturated heterocycles. The molecule has 26 heavy (non-hydrogen) atoms. The number of benzene rings is 2. The first-order chi connectivity index (χ1) is 12.5. The second-order valence-corrected chi connectivity index (χ2v) is 11.2. The Balaban J connectivity index is 0.000000260. The lowest BCUT2D eigenvalue weighted by Gasteiger charge is -2.09. The number of hydrogen-bond acceptors (Lipinski definition) is 4. The number of para-hydroxylation sites is 2. The van der Waals surface area contributed by atoms with Gasteiger partial charge in [0, 0.05) is 24.3 Å². The summed E-state index contributed by atoms with van der Waals surface area (Å²) in [6, 6.07) is 15.9. The van der Waals surface area contributed by atoms with E-state index in [2.05, 4.69) is 23.1 Å². The molecule has 2 rings (SSSR count). The fourth-order valence-electron chi connectivity index (χ4n) is 2.16. The van der Waals surface area contributed by atoms with Gasteiger partial charge in [0.15, 0.2) is 0 Å². The summed E-state index contributed by atoms with van der Waals surface area (Å²) in [5, 5.41) is 0. The normalized spacial score (nSPS) is 9.77. The maximum absolute atomic E-state index is 5.63. The molecule has 0 aliphatic carbocycles. The van der Waals surface area contributed by atoms with Gasteiger partial charge in [0.1, 0.15) is 11.5 Å². The Morgan fingerprint density at radius 1 is 0.615 bits per heavy atom. The summed E-state index contributed by atoms with van der Waals surface area (Å²) in [6.45, 7) is 1.35. The van der Waals surface area contributed by atoms with E-state index in [9.17, 15) is 0 Å². The Bertz CT molecular complexity index is 577. The van der Waals surface area contributed by atoms with Gasteiger partial charge < -0.3 is 17.1 Å². The van der Waals surface area contributed by atoms with Crippen molar-refractivity contribution in [2.75, 3.05) is 14.2 Å². The van der Waals surface area contributed by atoms with Crippen molar-refractivity contribution in [1.29, 1.82) is 0 Å². The van der Waals surface area contributed by atoms with Gasteiger partial charge in [-0.05, 0) is 12.1 Å². The zero-order valence-electron chi connectivity index (χ0n) is 16.8. The predicted octanol–water partition coefficient (Wildman–Crippen LogP) is 4.93. The van der Waals surface area contributed by atoms with Gasteiger partial charge in [0.25, 0.3) is 0 Å². The van der Waals surface area contributed by atoms with Crippen LogP contribution in [0.3, 0.4) is 0 Å². The van der Waals surface area contributed by atoms with Gasteiger partial charge in [-0.1, -0.05) is 59.5 Å². The summed E-state index contributed by atoms with van der Waals surface area (Å²) in [7, 11) is 3.37. The fraction of sp³-hybridized carbons (Fsp3) is 0.400. The largest absolute Gasteiger partial charge is 0.497 e. The van der Waals surface area contributed by atoms with Crippen LogP contribution in [0.5, 0.6) is 11.5 Å². The first-order valence-corrected chi connectivity index (χ1v) is 14.5. The third-order valence-corrected chi connectivity index (χ3v) is 5.20. The number of rotatable bonds is 8. The van der Waals surface area contributed by atoms with Crippen molar-refractivity contribution in [3.05, 3.63) is 59.7 Å². The molecule has 0 spiro atoms. The van der Waals surface area contributed by atoms with E-state index in [1.807, 2.05) is 48.5 Å². The van der Waals surface area contributed by atoms with Crippen molar-refractivity contribution >= 4 is 29.0 Å². The highest BCUT2D eigenvalue weighted by Crippen LogP contribution is 2.19. The third-order valence-electron chi connectivity index (χ3n) is 3.53. The molecule has 0 heterocycles. The van der Waals surface area contributed by atoms with E-state index in [0.29, 0.717) is 13.2 Å². The lowest BCUT2D eigenvalue weighted by molar-refractivity contribution is 0.303. The van der Waals surface area contributed by atoms with E-state index in [0.717, 1.165) is 22.6 Å². The smallest absolute Gasteiger partial charge is 0.454 e. The highest BCUT2D eigenvalue weighted by Gasteiger charge is 2.07. The lowest BCUT2D eigenvalue weighted by Crippen LogP contribution is -2.07. The Labute approximate surface area is 167 Å². The summed E-state index contributed by atoms with van der Waals surface area (Å²) in [5.41, 5.74) is 2.26. The minimum absolute atomic E-state index is 0.675. The minimum Gasteiger partial charge on any atom is -0.497 e. The summed E-state index contributed by atoms with van der Waals surface area (Å²) in [6.07, 6.45) is 0. The van der Waals surface area contributed by atoms with Gasteiger partial charge >= 0.3 is 29.0 Å². The molecule has 2 aromatic carbocycles. The molecule has 0 fully saturated rings.